The van der Waals surface area contributed by atoms with Crippen LogP contribution in [-0.4, -0.2) is 24.0 Å². The highest BCUT2D eigenvalue weighted by Crippen LogP contribution is 2.25. The lowest BCUT2D eigenvalue weighted by Gasteiger charge is -2.25. The van der Waals surface area contributed by atoms with E-state index in [4.69, 9.17) is 9.47 Å². The number of benzene rings is 1. The van der Waals surface area contributed by atoms with Gasteiger partial charge in [-0.3, -0.25) is 4.79 Å². The zero-order valence-electron chi connectivity index (χ0n) is 12.8. The maximum atomic E-state index is 11.8. The smallest absolute Gasteiger partial charge is 0.349 e. The van der Waals surface area contributed by atoms with Crippen molar-refractivity contribution in [2.75, 3.05) is 6.61 Å². The van der Waals surface area contributed by atoms with Crippen molar-refractivity contribution in [3.63, 3.8) is 0 Å². The molecule has 1 rings (SSSR count). The van der Waals surface area contributed by atoms with Crippen LogP contribution in [0.25, 0.3) is 0 Å². The van der Waals surface area contributed by atoms with Gasteiger partial charge in [-0.1, -0.05) is 12.1 Å². The van der Waals surface area contributed by atoms with Gasteiger partial charge in [0.05, 0.1) is 6.61 Å². The predicted octanol–water partition coefficient (Wildman–Crippen LogP) is 2.85. The summed E-state index contributed by atoms with van der Waals surface area (Å²) in [6, 6.07) is 5.53. The highest BCUT2D eigenvalue weighted by Gasteiger charge is 2.32. The van der Waals surface area contributed by atoms with E-state index in [-0.39, 0.29) is 5.78 Å². The summed E-state index contributed by atoms with van der Waals surface area (Å²) in [5.74, 6) is 0.340. The molecule has 0 unspecified atom stereocenters. The number of Topliss-reactive ketones (excluding diaryl/α,β-unsaturated/α-hetero) is 1. The minimum Gasteiger partial charge on any atom is -0.476 e. The molecule has 0 aromatic heterocycles. The van der Waals surface area contributed by atoms with E-state index in [1.807, 2.05) is 19.1 Å². The van der Waals surface area contributed by atoms with Crippen LogP contribution in [0.3, 0.4) is 0 Å². The lowest BCUT2D eigenvalue weighted by atomic mass is 10.1. The average Bonchev–Trinajstić information content (AvgIpc) is 2.32. The Kier molecular flexibility index (Phi) is 5.31. The van der Waals surface area contributed by atoms with E-state index in [1.165, 1.54) is 0 Å². The van der Waals surface area contributed by atoms with Gasteiger partial charge in [-0.15, -0.1) is 0 Å². The summed E-state index contributed by atoms with van der Waals surface area (Å²) in [4.78, 5) is 22.9. The molecule has 0 bridgehead atoms. The average molecular weight is 278 g/mol. The lowest BCUT2D eigenvalue weighted by Crippen LogP contribution is -2.39. The highest BCUT2D eigenvalue weighted by molar-refractivity contribution is 5.79. The molecule has 4 nitrogen and oxygen atoms in total. The molecule has 0 spiro atoms. The first-order chi connectivity index (χ1) is 9.26. The van der Waals surface area contributed by atoms with Gasteiger partial charge in [0, 0.05) is 6.42 Å². The van der Waals surface area contributed by atoms with E-state index < -0.39 is 11.6 Å². The first-order valence-electron chi connectivity index (χ1n) is 6.71. The van der Waals surface area contributed by atoms with E-state index in [1.54, 1.807) is 33.8 Å². The summed E-state index contributed by atoms with van der Waals surface area (Å²) >= 11 is 0. The van der Waals surface area contributed by atoms with Crippen LogP contribution in [0.5, 0.6) is 5.75 Å². The molecule has 0 fully saturated rings. The van der Waals surface area contributed by atoms with Gasteiger partial charge in [0.25, 0.3) is 0 Å². The van der Waals surface area contributed by atoms with E-state index in [0.29, 0.717) is 18.8 Å². The van der Waals surface area contributed by atoms with E-state index >= 15 is 0 Å². The predicted molar refractivity (Wildman–Crippen MR) is 76.9 cm³/mol. The summed E-state index contributed by atoms with van der Waals surface area (Å²) < 4.78 is 10.7. The van der Waals surface area contributed by atoms with Gasteiger partial charge in [0.2, 0.25) is 0 Å². The van der Waals surface area contributed by atoms with Gasteiger partial charge in [-0.25, -0.2) is 4.79 Å². The standard InChI is InChI=1S/C16H22O4/c1-6-19-15(18)16(4,5)20-14-8-7-13(9-11(14)2)10-12(3)17/h7-9H,6,10H2,1-5H3. The largest absolute Gasteiger partial charge is 0.476 e. The number of esters is 1. The monoisotopic (exact) mass is 278 g/mol. The summed E-state index contributed by atoms with van der Waals surface area (Å²) in [6.45, 7) is 8.88. The number of carbonyl (C=O) groups excluding carboxylic acids is 2. The number of aryl methyl sites for hydroxylation is 1. The van der Waals surface area contributed by atoms with Crippen molar-refractivity contribution < 1.29 is 19.1 Å². The van der Waals surface area contributed by atoms with Crippen molar-refractivity contribution in [1.82, 2.24) is 0 Å². The Bertz CT molecular complexity index is 503. The quantitative estimate of drug-likeness (QED) is 0.751. The molecule has 0 radical (unpaired) electrons. The fraction of sp³-hybridized carbons (Fsp3) is 0.500. The zero-order valence-corrected chi connectivity index (χ0v) is 12.8. The molecule has 0 aliphatic carbocycles. The third-order valence-electron chi connectivity index (χ3n) is 2.82. The van der Waals surface area contributed by atoms with Crippen LogP contribution in [0.2, 0.25) is 0 Å². The first kappa shape index (κ1) is 16.2. The minimum absolute atomic E-state index is 0.116. The number of carbonyl (C=O) groups is 2. The number of ether oxygens (including phenoxy) is 2. The SMILES string of the molecule is CCOC(=O)C(C)(C)Oc1ccc(CC(C)=O)cc1C. The summed E-state index contributed by atoms with van der Waals surface area (Å²) in [6.07, 6.45) is 0.405. The fourth-order valence-corrected chi connectivity index (χ4v) is 1.84. The van der Waals surface area contributed by atoms with Gasteiger partial charge in [0.1, 0.15) is 11.5 Å². The molecule has 0 N–H and O–H groups in total. The summed E-state index contributed by atoms with van der Waals surface area (Å²) in [5, 5.41) is 0. The molecule has 0 aliphatic rings. The highest BCUT2D eigenvalue weighted by atomic mass is 16.6. The van der Waals surface area contributed by atoms with Crippen molar-refractivity contribution in [3.05, 3.63) is 29.3 Å². The maximum absolute atomic E-state index is 11.8. The molecule has 0 heterocycles. The van der Waals surface area contributed by atoms with Crippen LogP contribution in [0.4, 0.5) is 0 Å². The molecule has 0 aliphatic heterocycles. The minimum atomic E-state index is -1.04. The normalized spacial score (nSPS) is 11.1. The van der Waals surface area contributed by atoms with Crippen LogP contribution in [0, 0.1) is 6.92 Å². The van der Waals surface area contributed by atoms with Crippen LogP contribution >= 0.6 is 0 Å². The van der Waals surface area contributed by atoms with Crippen LogP contribution < -0.4 is 4.74 Å². The van der Waals surface area contributed by atoms with Crippen molar-refractivity contribution in [1.29, 1.82) is 0 Å². The third kappa shape index (κ3) is 4.37. The topological polar surface area (TPSA) is 52.6 Å². The molecule has 0 saturated carbocycles. The van der Waals surface area contributed by atoms with Crippen molar-refractivity contribution in [2.45, 2.75) is 46.6 Å². The Morgan fingerprint density at radius 2 is 1.90 bits per heavy atom. The van der Waals surface area contributed by atoms with Crippen molar-refractivity contribution in [2.24, 2.45) is 0 Å². The molecular weight excluding hydrogens is 256 g/mol. The summed E-state index contributed by atoms with van der Waals surface area (Å²) in [5.41, 5.74) is 0.792. The zero-order chi connectivity index (χ0) is 15.3. The van der Waals surface area contributed by atoms with E-state index in [0.717, 1.165) is 11.1 Å². The Hall–Kier alpha value is -1.84. The fourth-order valence-electron chi connectivity index (χ4n) is 1.84. The Morgan fingerprint density at radius 1 is 1.25 bits per heavy atom. The molecule has 110 valence electrons. The van der Waals surface area contributed by atoms with Crippen LogP contribution in [0.15, 0.2) is 18.2 Å². The van der Waals surface area contributed by atoms with Crippen molar-refractivity contribution >= 4 is 11.8 Å². The Labute approximate surface area is 120 Å². The molecule has 1 aromatic rings. The van der Waals surface area contributed by atoms with Gasteiger partial charge in [-0.05, 0) is 51.8 Å². The van der Waals surface area contributed by atoms with Crippen molar-refractivity contribution in [3.8, 4) is 5.75 Å². The second kappa shape index (κ2) is 6.55. The molecule has 1 aromatic carbocycles. The van der Waals surface area contributed by atoms with Crippen LogP contribution in [0.1, 0.15) is 38.8 Å². The number of ketones is 1. The van der Waals surface area contributed by atoms with Crippen LogP contribution in [-0.2, 0) is 20.7 Å². The van der Waals surface area contributed by atoms with Gasteiger partial charge in [0.15, 0.2) is 5.60 Å². The summed E-state index contributed by atoms with van der Waals surface area (Å²) in [7, 11) is 0. The molecule has 20 heavy (non-hydrogen) atoms. The number of rotatable bonds is 6. The Morgan fingerprint density at radius 3 is 2.40 bits per heavy atom. The van der Waals surface area contributed by atoms with E-state index in [2.05, 4.69) is 0 Å². The van der Waals surface area contributed by atoms with Gasteiger partial charge < -0.3 is 9.47 Å². The number of hydrogen-bond acceptors (Lipinski definition) is 4. The second-order valence-corrected chi connectivity index (χ2v) is 5.31. The van der Waals surface area contributed by atoms with Gasteiger partial charge in [-0.2, -0.15) is 0 Å². The molecule has 0 saturated heterocycles. The third-order valence-corrected chi connectivity index (χ3v) is 2.82. The van der Waals surface area contributed by atoms with Gasteiger partial charge >= 0.3 is 5.97 Å². The Balaban J connectivity index is 2.87. The lowest BCUT2D eigenvalue weighted by molar-refractivity contribution is -0.158. The molecule has 0 atom stereocenters. The first-order valence-corrected chi connectivity index (χ1v) is 6.71. The second-order valence-electron chi connectivity index (χ2n) is 5.31. The number of hydrogen-bond donors (Lipinski definition) is 0. The molecular formula is C16H22O4. The van der Waals surface area contributed by atoms with E-state index in [9.17, 15) is 9.59 Å². The molecule has 0 amide bonds. The maximum Gasteiger partial charge on any atom is 0.349 e. The molecule has 4 heteroatoms.